The average molecular weight is 801 g/mol. The molecule has 7 heteroatoms. The number of rotatable bonds is 5. The van der Waals surface area contributed by atoms with Gasteiger partial charge in [0.1, 0.15) is 0 Å². The number of hydrogen-bond donors (Lipinski definition) is 0. The van der Waals surface area contributed by atoms with E-state index in [4.69, 9.17) is 4.98 Å². The van der Waals surface area contributed by atoms with Crippen LogP contribution in [0.4, 0.5) is 0 Å². The van der Waals surface area contributed by atoms with Gasteiger partial charge in [0, 0.05) is 65.5 Å². The van der Waals surface area contributed by atoms with Gasteiger partial charge in [0.25, 0.3) is 11.1 Å². The largest absolute Gasteiger partial charge is 0.309 e. The molecule has 0 bridgehead atoms. The topological polar surface area (TPSA) is 69.8 Å². The minimum Gasteiger partial charge on any atom is -0.309 e. The number of pyridine rings is 2. The third-order valence-electron chi connectivity index (χ3n) is 11.8. The predicted octanol–water partition coefficient (Wildman–Crippen LogP) is 12.8. The molecule has 5 aromatic heterocycles. The summed E-state index contributed by atoms with van der Waals surface area (Å²) in [6.07, 6.45) is 3.61. The van der Waals surface area contributed by atoms with Crippen LogP contribution in [0.5, 0.6) is 0 Å². The van der Waals surface area contributed by atoms with Gasteiger partial charge in [-0.15, -0.1) is 11.3 Å². The Balaban J connectivity index is 1.15. The highest BCUT2D eigenvalue weighted by Gasteiger charge is 2.22. The SMILES string of the molecule is O=c1c2cc3c(cc2c2ccc4c(c5cnccc5n4-c4ccccc4)c2c(=O)n1-c1ccc(-c2cc(-c4ccccc4)nc(-c4ccccc4)c2)cc1)sc1ccccc13. The van der Waals surface area contributed by atoms with E-state index in [-0.39, 0.29) is 11.1 Å². The Morgan fingerprint density at radius 1 is 0.393 bits per heavy atom. The lowest BCUT2D eigenvalue weighted by atomic mass is 10.00. The van der Waals surface area contributed by atoms with E-state index >= 15 is 9.59 Å². The van der Waals surface area contributed by atoms with Crippen molar-refractivity contribution in [3.05, 3.63) is 215 Å². The Morgan fingerprint density at radius 3 is 1.77 bits per heavy atom. The first-order chi connectivity index (χ1) is 30.1. The van der Waals surface area contributed by atoms with Gasteiger partial charge in [0.2, 0.25) is 0 Å². The second kappa shape index (κ2) is 13.8. The molecule has 0 atom stereocenters. The number of benzene rings is 7. The van der Waals surface area contributed by atoms with E-state index in [0.29, 0.717) is 21.8 Å². The lowest BCUT2D eigenvalue weighted by molar-refractivity contribution is 0.977. The molecule has 7 aromatic carbocycles. The molecular formula is C54H32N4O2S. The van der Waals surface area contributed by atoms with Crippen molar-refractivity contribution in [1.82, 2.24) is 19.1 Å². The summed E-state index contributed by atoms with van der Waals surface area (Å²) in [7, 11) is 0. The second-order valence-electron chi connectivity index (χ2n) is 15.3. The molecule has 0 N–H and O–H groups in total. The fraction of sp³-hybridized carbons (Fsp3) is 0. The van der Waals surface area contributed by atoms with Crippen molar-refractivity contribution in [2.45, 2.75) is 0 Å². The summed E-state index contributed by atoms with van der Waals surface area (Å²) < 4.78 is 5.74. The molecule has 0 amide bonds. The van der Waals surface area contributed by atoms with Gasteiger partial charge in [0.05, 0.1) is 33.5 Å². The first kappa shape index (κ1) is 35.0. The normalized spacial score (nSPS) is 11.7. The van der Waals surface area contributed by atoms with Crippen molar-refractivity contribution in [1.29, 1.82) is 0 Å². The molecule has 12 aromatic rings. The fourth-order valence-corrected chi connectivity index (χ4v) is 10.1. The molecule has 0 radical (unpaired) electrons. The van der Waals surface area contributed by atoms with Crippen LogP contribution in [0.3, 0.4) is 0 Å². The zero-order valence-corrected chi connectivity index (χ0v) is 33.3. The van der Waals surface area contributed by atoms with E-state index < -0.39 is 0 Å². The van der Waals surface area contributed by atoms with E-state index in [1.165, 1.54) is 4.57 Å². The zero-order chi connectivity index (χ0) is 40.6. The van der Waals surface area contributed by atoms with Crippen molar-refractivity contribution in [3.63, 3.8) is 0 Å². The molecule has 0 fully saturated rings. The fourth-order valence-electron chi connectivity index (χ4n) is 9.00. The third kappa shape index (κ3) is 5.55. The highest BCUT2D eigenvalue weighted by molar-refractivity contribution is 7.25. The molecule has 0 aliphatic rings. The minimum absolute atomic E-state index is 0.374. The van der Waals surface area contributed by atoms with Crippen molar-refractivity contribution in [2.24, 2.45) is 0 Å². The van der Waals surface area contributed by atoms with Crippen LogP contribution in [0.1, 0.15) is 0 Å². The van der Waals surface area contributed by atoms with Gasteiger partial charge in [-0.1, -0.05) is 115 Å². The molecule has 0 saturated carbocycles. The molecule has 0 saturated heterocycles. The van der Waals surface area contributed by atoms with Crippen LogP contribution >= 0.6 is 11.3 Å². The Bertz CT molecular complexity index is 3780. The molecule has 0 spiro atoms. The Labute approximate surface area is 352 Å². The third-order valence-corrected chi connectivity index (χ3v) is 13.0. The standard InChI is InChI=1S/C54H32N4O2S/c59-53-43-30-42-39-18-10-11-19-49(39)61-50(42)31-41(43)40-24-25-48-51(44-32-55-27-26-47(44)57(48)37-16-8-3-9-17-37)52(40)54(60)58(53)38-22-20-33(21-23-38)36-28-45(34-12-4-1-5-13-34)56-46(29-36)35-14-6-2-7-15-35/h1-32H. The Hall–Kier alpha value is -8.00. The van der Waals surface area contributed by atoms with Gasteiger partial charge >= 0.3 is 0 Å². The second-order valence-corrected chi connectivity index (χ2v) is 16.4. The number of fused-ring (bicyclic) bond motifs is 10. The van der Waals surface area contributed by atoms with Crippen molar-refractivity contribution < 1.29 is 0 Å². The molecular weight excluding hydrogens is 769 g/mol. The summed E-state index contributed by atoms with van der Waals surface area (Å²) in [5, 5.41) is 6.06. The van der Waals surface area contributed by atoms with Crippen LogP contribution in [0.2, 0.25) is 0 Å². The van der Waals surface area contributed by atoms with Crippen molar-refractivity contribution in [3.8, 4) is 45.0 Å². The van der Waals surface area contributed by atoms with Crippen LogP contribution in [-0.2, 0) is 0 Å². The highest BCUT2D eigenvalue weighted by atomic mass is 32.1. The maximum atomic E-state index is 15.6. The van der Waals surface area contributed by atoms with E-state index in [1.807, 2.05) is 115 Å². The molecule has 286 valence electrons. The highest BCUT2D eigenvalue weighted by Crippen LogP contribution is 2.40. The van der Waals surface area contributed by atoms with Gasteiger partial charge in [-0.2, -0.15) is 0 Å². The molecule has 0 aliphatic heterocycles. The van der Waals surface area contributed by atoms with Crippen LogP contribution < -0.4 is 11.1 Å². The quantitative estimate of drug-likeness (QED) is 0.174. The predicted molar refractivity (Wildman–Crippen MR) is 252 cm³/mol. The van der Waals surface area contributed by atoms with Gasteiger partial charge in [-0.3, -0.25) is 14.6 Å². The number of para-hydroxylation sites is 1. The van der Waals surface area contributed by atoms with Crippen molar-refractivity contribution >= 4 is 74.9 Å². The van der Waals surface area contributed by atoms with Gasteiger partial charge in [-0.05, 0) is 88.6 Å². The van der Waals surface area contributed by atoms with E-state index in [2.05, 4.69) is 82.3 Å². The van der Waals surface area contributed by atoms with E-state index in [0.717, 1.165) is 86.7 Å². The minimum atomic E-state index is -0.389. The lowest BCUT2D eigenvalue weighted by Crippen LogP contribution is -2.28. The smallest absolute Gasteiger partial charge is 0.266 e. The number of aromatic nitrogens is 4. The molecule has 0 aliphatic carbocycles. The first-order valence-electron chi connectivity index (χ1n) is 20.1. The van der Waals surface area contributed by atoms with Crippen molar-refractivity contribution in [2.75, 3.05) is 0 Å². The first-order valence-corrected chi connectivity index (χ1v) is 20.9. The van der Waals surface area contributed by atoms with Crippen LogP contribution in [0.25, 0.3) is 109 Å². The van der Waals surface area contributed by atoms with E-state index in [9.17, 15) is 0 Å². The van der Waals surface area contributed by atoms with Gasteiger partial charge < -0.3 is 4.57 Å². The summed E-state index contributed by atoms with van der Waals surface area (Å²) in [6.45, 7) is 0. The van der Waals surface area contributed by atoms with Gasteiger partial charge in [-0.25, -0.2) is 9.55 Å². The number of thiophene rings is 1. The monoisotopic (exact) mass is 800 g/mol. The molecule has 61 heavy (non-hydrogen) atoms. The average Bonchev–Trinajstić information content (AvgIpc) is 3.84. The summed E-state index contributed by atoms with van der Waals surface area (Å²) in [4.78, 5) is 40.5. The van der Waals surface area contributed by atoms with Crippen LogP contribution in [0, 0.1) is 0 Å². The van der Waals surface area contributed by atoms with Crippen LogP contribution in [0.15, 0.2) is 204 Å². The van der Waals surface area contributed by atoms with E-state index in [1.54, 1.807) is 17.5 Å². The molecule has 0 unspecified atom stereocenters. The maximum Gasteiger partial charge on any atom is 0.266 e. The Morgan fingerprint density at radius 2 is 1.05 bits per heavy atom. The number of nitrogens with zero attached hydrogens (tertiary/aromatic N) is 4. The molecule has 12 rings (SSSR count). The number of hydrogen-bond acceptors (Lipinski definition) is 5. The van der Waals surface area contributed by atoms with Gasteiger partial charge in [0.15, 0.2) is 0 Å². The summed E-state index contributed by atoms with van der Waals surface area (Å²) in [5.74, 6) is 0. The lowest BCUT2D eigenvalue weighted by Gasteiger charge is -2.11. The maximum absolute atomic E-state index is 15.6. The molecule has 6 nitrogen and oxygen atoms in total. The van der Waals surface area contributed by atoms with Crippen LogP contribution in [-0.4, -0.2) is 19.1 Å². The zero-order valence-electron chi connectivity index (χ0n) is 32.5. The molecule has 5 heterocycles. The summed E-state index contributed by atoms with van der Waals surface area (Å²) >= 11 is 1.69. The Kier molecular flexibility index (Phi) is 7.92. The summed E-state index contributed by atoms with van der Waals surface area (Å²) in [6, 6.07) is 60.8. The summed E-state index contributed by atoms with van der Waals surface area (Å²) in [5.41, 5.74) is 8.10.